The molecule has 21 heavy (non-hydrogen) atoms. The lowest BCUT2D eigenvalue weighted by atomic mass is 9.88. The fourth-order valence-corrected chi connectivity index (χ4v) is 4.22. The van der Waals surface area contributed by atoms with Crippen LogP contribution in [0.5, 0.6) is 0 Å². The first-order valence-corrected chi connectivity index (χ1v) is 8.39. The van der Waals surface area contributed by atoms with Crippen molar-refractivity contribution in [2.75, 3.05) is 18.5 Å². The Hall–Kier alpha value is -1.09. The summed E-state index contributed by atoms with van der Waals surface area (Å²) in [7, 11) is 2.15. The van der Waals surface area contributed by atoms with Crippen LogP contribution in [-0.4, -0.2) is 23.7 Å². The molecule has 1 aromatic rings. The van der Waals surface area contributed by atoms with Crippen LogP contribution >= 0.6 is 0 Å². The van der Waals surface area contributed by atoms with Gasteiger partial charge in [0, 0.05) is 19.3 Å². The highest BCUT2D eigenvalue weighted by Crippen LogP contribution is 2.48. The Labute approximate surface area is 128 Å². The predicted molar refractivity (Wildman–Crippen MR) is 86.5 cm³/mol. The lowest BCUT2D eigenvalue weighted by Gasteiger charge is -2.28. The van der Waals surface area contributed by atoms with Gasteiger partial charge >= 0.3 is 0 Å². The Morgan fingerprint density at radius 2 is 2.10 bits per heavy atom. The summed E-state index contributed by atoms with van der Waals surface area (Å²) >= 11 is 0. The fourth-order valence-electron chi connectivity index (χ4n) is 4.22. The lowest BCUT2D eigenvalue weighted by Crippen LogP contribution is -2.29. The molecule has 116 valence electrons. The molecule has 0 radical (unpaired) electrons. The summed E-state index contributed by atoms with van der Waals surface area (Å²) in [4.78, 5) is 7.10. The molecule has 2 bridgehead atoms. The van der Waals surface area contributed by atoms with E-state index >= 15 is 0 Å². The van der Waals surface area contributed by atoms with Crippen molar-refractivity contribution in [2.45, 2.75) is 52.1 Å². The van der Waals surface area contributed by atoms with Gasteiger partial charge in [0.05, 0.1) is 6.61 Å². The summed E-state index contributed by atoms with van der Waals surface area (Å²) in [5.41, 5.74) is 2.06. The average Bonchev–Trinajstić information content (AvgIpc) is 3.09. The molecule has 3 rings (SSSR count). The van der Waals surface area contributed by atoms with Gasteiger partial charge in [-0.1, -0.05) is 20.3 Å². The summed E-state index contributed by atoms with van der Waals surface area (Å²) in [6.45, 7) is 5.52. The number of anilines is 1. The van der Waals surface area contributed by atoms with Gasteiger partial charge in [0.15, 0.2) is 0 Å². The molecule has 3 nitrogen and oxygen atoms in total. The average molecular weight is 288 g/mol. The van der Waals surface area contributed by atoms with Crippen LogP contribution in [0.25, 0.3) is 0 Å². The van der Waals surface area contributed by atoms with Crippen LogP contribution in [0.4, 0.5) is 5.82 Å². The number of fused-ring (bicyclic) bond motifs is 2. The molecule has 0 saturated heterocycles. The monoisotopic (exact) mass is 288 g/mol. The second-order valence-corrected chi connectivity index (χ2v) is 7.39. The summed E-state index contributed by atoms with van der Waals surface area (Å²) < 4.78 is 0. The largest absolute Gasteiger partial charge is 0.392 e. The second-order valence-electron chi connectivity index (χ2n) is 7.39. The maximum atomic E-state index is 9.47. The summed E-state index contributed by atoms with van der Waals surface area (Å²) in [6.07, 6.45) is 5.76. The number of nitrogens with zero attached hydrogens (tertiary/aromatic N) is 2. The number of aliphatic hydroxyl groups excluding tert-OH is 1. The number of aromatic nitrogens is 1. The highest BCUT2D eigenvalue weighted by molar-refractivity contribution is 5.42. The van der Waals surface area contributed by atoms with Crippen LogP contribution in [-0.2, 0) is 6.61 Å². The molecule has 0 spiro atoms. The van der Waals surface area contributed by atoms with Gasteiger partial charge in [0.1, 0.15) is 5.82 Å². The first kappa shape index (κ1) is 14.8. The third-order valence-electron chi connectivity index (χ3n) is 5.45. The number of rotatable bonds is 5. The van der Waals surface area contributed by atoms with E-state index in [1.54, 1.807) is 0 Å². The van der Waals surface area contributed by atoms with E-state index in [1.165, 1.54) is 25.7 Å². The molecule has 2 fully saturated rings. The van der Waals surface area contributed by atoms with Gasteiger partial charge in [-0.3, -0.25) is 0 Å². The Bertz CT molecular complexity index is 500. The Balaban J connectivity index is 1.74. The predicted octanol–water partition coefficient (Wildman–Crippen LogP) is 3.57. The van der Waals surface area contributed by atoms with Gasteiger partial charge in [-0.05, 0) is 60.6 Å². The maximum Gasteiger partial charge on any atom is 0.128 e. The summed E-state index contributed by atoms with van der Waals surface area (Å²) in [5, 5.41) is 9.47. The van der Waals surface area contributed by atoms with Crippen LogP contribution in [0.3, 0.4) is 0 Å². The number of pyridine rings is 1. The molecule has 2 aliphatic carbocycles. The molecule has 0 aliphatic heterocycles. The molecule has 0 amide bonds. The standard InChI is InChI=1S/C18H28N2O/c1-12(2)17-8-14(11-21)9-18(19-17)20(3)10-16-7-13-4-5-15(16)6-13/h8-9,12-13,15-16,21H,4-7,10-11H2,1-3H3. The fraction of sp³-hybridized carbons (Fsp3) is 0.722. The molecule has 1 N–H and O–H groups in total. The molecule has 2 aliphatic rings. The van der Waals surface area contributed by atoms with E-state index in [4.69, 9.17) is 4.98 Å². The van der Waals surface area contributed by atoms with Crippen molar-refractivity contribution in [2.24, 2.45) is 17.8 Å². The second kappa shape index (κ2) is 5.96. The van der Waals surface area contributed by atoms with E-state index < -0.39 is 0 Å². The van der Waals surface area contributed by atoms with Crippen LogP contribution in [0.1, 0.15) is 56.7 Å². The van der Waals surface area contributed by atoms with Crippen LogP contribution < -0.4 is 4.90 Å². The quantitative estimate of drug-likeness (QED) is 0.900. The number of hydrogen-bond donors (Lipinski definition) is 1. The van der Waals surface area contributed by atoms with Crippen molar-refractivity contribution < 1.29 is 5.11 Å². The minimum Gasteiger partial charge on any atom is -0.392 e. The van der Waals surface area contributed by atoms with E-state index in [2.05, 4.69) is 25.8 Å². The number of aliphatic hydroxyl groups is 1. The molecular formula is C18H28N2O. The summed E-state index contributed by atoms with van der Waals surface area (Å²) in [5.74, 6) is 4.20. The van der Waals surface area contributed by atoms with Crippen LogP contribution in [0.2, 0.25) is 0 Å². The molecule has 2 saturated carbocycles. The van der Waals surface area contributed by atoms with E-state index in [0.29, 0.717) is 5.92 Å². The highest BCUT2D eigenvalue weighted by atomic mass is 16.3. The van der Waals surface area contributed by atoms with E-state index in [1.807, 2.05) is 12.1 Å². The number of hydrogen-bond acceptors (Lipinski definition) is 3. The van der Waals surface area contributed by atoms with E-state index in [9.17, 15) is 5.11 Å². The summed E-state index contributed by atoms with van der Waals surface area (Å²) in [6, 6.07) is 4.07. The molecule has 0 aromatic carbocycles. The topological polar surface area (TPSA) is 36.4 Å². The molecule has 3 heteroatoms. The van der Waals surface area contributed by atoms with Gasteiger partial charge in [0.2, 0.25) is 0 Å². The molecule has 1 aromatic heterocycles. The van der Waals surface area contributed by atoms with Gasteiger partial charge in [0.25, 0.3) is 0 Å². The first-order chi connectivity index (χ1) is 10.1. The Morgan fingerprint density at radius 3 is 2.67 bits per heavy atom. The van der Waals surface area contributed by atoms with Crippen molar-refractivity contribution in [3.63, 3.8) is 0 Å². The van der Waals surface area contributed by atoms with Gasteiger partial charge in [-0.15, -0.1) is 0 Å². The van der Waals surface area contributed by atoms with Crippen molar-refractivity contribution in [3.05, 3.63) is 23.4 Å². The van der Waals surface area contributed by atoms with Crippen molar-refractivity contribution >= 4 is 5.82 Å². The highest BCUT2D eigenvalue weighted by Gasteiger charge is 2.39. The van der Waals surface area contributed by atoms with E-state index in [0.717, 1.165) is 41.4 Å². The lowest BCUT2D eigenvalue weighted by molar-refractivity contribution is 0.281. The van der Waals surface area contributed by atoms with Gasteiger partial charge < -0.3 is 10.0 Å². The van der Waals surface area contributed by atoms with Crippen LogP contribution in [0.15, 0.2) is 12.1 Å². The van der Waals surface area contributed by atoms with Crippen LogP contribution in [0, 0.1) is 17.8 Å². The smallest absolute Gasteiger partial charge is 0.128 e. The molecule has 1 heterocycles. The van der Waals surface area contributed by atoms with Gasteiger partial charge in [-0.2, -0.15) is 0 Å². The van der Waals surface area contributed by atoms with Crippen molar-refractivity contribution in [1.82, 2.24) is 4.98 Å². The molecular weight excluding hydrogens is 260 g/mol. The minimum absolute atomic E-state index is 0.0945. The third kappa shape index (κ3) is 3.08. The van der Waals surface area contributed by atoms with Gasteiger partial charge in [-0.25, -0.2) is 4.98 Å². The third-order valence-corrected chi connectivity index (χ3v) is 5.45. The zero-order valence-electron chi connectivity index (χ0n) is 13.5. The first-order valence-electron chi connectivity index (χ1n) is 8.39. The van der Waals surface area contributed by atoms with Crippen molar-refractivity contribution in [1.29, 1.82) is 0 Å². The Kier molecular flexibility index (Phi) is 4.21. The van der Waals surface area contributed by atoms with E-state index in [-0.39, 0.29) is 6.61 Å². The zero-order chi connectivity index (χ0) is 15.0. The Morgan fingerprint density at radius 1 is 1.29 bits per heavy atom. The SMILES string of the molecule is CC(C)c1cc(CO)cc(N(C)CC2CC3CCC2C3)n1. The minimum atomic E-state index is 0.0945. The maximum absolute atomic E-state index is 9.47. The molecule has 3 atom stereocenters. The normalized spacial score (nSPS) is 27.6. The molecule has 3 unspecified atom stereocenters. The zero-order valence-corrected chi connectivity index (χ0v) is 13.5. The van der Waals surface area contributed by atoms with Crippen molar-refractivity contribution in [3.8, 4) is 0 Å².